The molecular formula is C2HBr2Zn. The fourth-order valence-electron chi connectivity index (χ4n) is 0. The van der Waals surface area contributed by atoms with E-state index >= 15 is 0 Å². The SMILES string of the molecule is [Br][Zn][Br].[C]#C. The van der Waals surface area contributed by atoms with Crippen LogP contribution in [0.15, 0.2) is 0 Å². The Labute approximate surface area is 53.0 Å². The van der Waals surface area contributed by atoms with E-state index in [9.17, 15) is 0 Å². The molecule has 0 unspecified atom stereocenters. The van der Waals surface area contributed by atoms with E-state index in [-0.39, 0.29) is 13.2 Å². The van der Waals surface area contributed by atoms with Gasteiger partial charge in [0.1, 0.15) is 0 Å². The third kappa shape index (κ3) is 38.9. The smallest absolute Gasteiger partial charge is 0.0191 e. The van der Waals surface area contributed by atoms with Gasteiger partial charge in [0.25, 0.3) is 0 Å². The Morgan fingerprint density at radius 1 is 1.40 bits per heavy atom. The van der Waals surface area contributed by atoms with Crippen molar-refractivity contribution in [3.05, 3.63) is 6.42 Å². The van der Waals surface area contributed by atoms with Crippen LogP contribution in [-0.4, -0.2) is 0 Å². The number of terminal acetylenes is 1. The number of rotatable bonds is 0. The summed E-state index contributed by atoms with van der Waals surface area (Å²) in [6.07, 6.45) is 9.00. The molecule has 0 fully saturated rings. The van der Waals surface area contributed by atoms with Gasteiger partial charge in [0.05, 0.1) is 0 Å². The van der Waals surface area contributed by atoms with Gasteiger partial charge in [0.2, 0.25) is 0 Å². The van der Waals surface area contributed by atoms with E-state index in [0.717, 1.165) is 0 Å². The van der Waals surface area contributed by atoms with Gasteiger partial charge >= 0.3 is 40.5 Å². The minimum absolute atomic E-state index is 0.250. The van der Waals surface area contributed by atoms with Crippen molar-refractivity contribution >= 4 is 27.2 Å². The minimum Gasteiger partial charge on any atom is -0.106 e. The fraction of sp³-hybridized carbons (Fsp3) is 0. The Bertz CT molecular complexity index is 18.9. The standard InChI is InChI=1S/C2H.2BrH.Zn/c1-2;;;/h1H;2*1H;/q;;;+2/p-2. The first-order valence-electron chi connectivity index (χ1n) is 0.823. The van der Waals surface area contributed by atoms with Gasteiger partial charge in [-0.25, -0.2) is 0 Å². The molecule has 0 aliphatic rings. The normalized spacial score (nSPS) is 2.40. The first-order chi connectivity index (χ1) is 2.41. The molecule has 0 aromatic heterocycles. The molecule has 0 aromatic carbocycles. The molecule has 0 atom stereocenters. The van der Waals surface area contributed by atoms with Crippen LogP contribution in [0.5, 0.6) is 0 Å². The second-order valence-electron chi connectivity index (χ2n) is 0.101. The molecule has 1 radical (unpaired) electrons. The molecule has 0 nitrogen and oxygen atoms in total. The Morgan fingerprint density at radius 2 is 1.40 bits per heavy atom. The van der Waals surface area contributed by atoms with E-state index in [1.54, 1.807) is 0 Å². The summed E-state index contributed by atoms with van der Waals surface area (Å²) in [6, 6.07) is 0. The molecule has 0 spiro atoms. The van der Waals surface area contributed by atoms with E-state index in [1.165, 1.54) is 0 Å². The van der Waals surface area contributed by atoms with Crippen LogP contribution in [0, 0.1) is 12.8 Å². The fourth-order valence-corrected chi connectivity index (χ4v) is 0. The molecule has 25 valence electrons. The average Bonchev–Trinajstić information content (AvgIpc) is 1.46. The minimum atomic E-state index is -0.250. The molecule has 5 heavy (non-hydrogen) atoms. The molecule has 3 heteroatoms. The predicted octanol–water partition coefficient (Wildman–Crippen LogP) is 1.89. The largest absolute Gasteiger partial charge is 0.106 e. The summed E-state index contributed by atoms with van der Waals surface area (Å²) in [7, 11) is 0. The zero-order chi connectivity index (χ0) is 4.71. The van der Waals surface area contributed by atoms with Gasteiger partial charge in [-0.15, -0.1) is 6.42 Å². The molecule has 0 aliphatic carbocycles. The molecule has 0 bridgehead atoms. The molecule has 0 heterocycles. The van der Waals surface area contributed by atoms with Crippen LogP contribution in [0.3, 0.4) is 0 Å². The van der Waals surface area contributed by atoms with E-state index < -0.39 is 0 Å². The molecule has 0 rings (SSSR count). The van der Waals surface area contributed by atoms with Gasteiger partial charge in [0, 0.05) is 0 Å². The van der Waals surface area contributed by atoms with Gasteiger partial charge in [-0.1, -0.05) is 0 Å². The summed E-state index contributed by atoms with van der Waals surface area (Å²) in [5.74, 6) is 0. The molecular weight excluding hydrogens is 249 g/mol. The Kier molecular flexibility index (Phi) is 36.4. The van der Waals surface area contributed by atoms with Crippen molar-refractivity contribution < 1.29 is 13.2 Å². The van der Waals surface area contributed by atoms with Crippen molar-refractivity contribution in [1.29, 1.82) is 0 Å². The van der Waals surface area contributed by atoms with Gasteiger partial charge < -0.3 is 0 Å². The van der Waals surface area contributed by atoms with Crippen molar-refractivity contribution in [2.24, 2.45) is 0 Å². The number of halogens is 2. The number of hydrogen-bond donors (Lipinski definition) is 0. The first kappa shape index (κ1) is 9.47. The summed E-state index contributed by atoms with van der Waals surface area (Å²) >= 11 is 6.25. The van der Waals surface area contributed by atoms with Crippen molar-refractivity contribution in [2.45, 2.75) is 0 Å². The van der Waals surface area contributed by atoms with Crippen LogP contribution in [-0.2, 0) is 13.2 Å². The zero-order valence-corrected chi connectivity index (χ0v) is 8.68. The Morgan fingerprint density at radius 3 is 1.40 bits per heavy atom. The Hall–Kier alpha value is 1.14. The average molecular weight is 250 g/mol. The zero-order valence-electron chi connectivity index (χ0n) is 2.54. The molecule has 0 N–H and O–H groups in total. The van der Waals surface area contributed by atoms with Gasteiger partial charge in [-0.2, -0.15) is 0 Å². The molecule has 0 aromatic rings. The molecule has 0 saturated heterocycles. The maximum absolute atomic E-state index is 5.25. The van der Waals surface area contributed by atoms with Crippen molar-refractivity contribution in [3.63, 3.8) is 0 Å². The van der Waals surface area contributed by atoms with E-state index in [1.807, 2.05) is 0 Å². The maximum atomic E-state index is 5.25. The molecule has 0 aliphatic heterocycles. The van der Waals surface area contributed by atoms with Gasteiger partial charge in [-0.05, 0) is 6.42 Å². The van der Waals surface area contributed by atoms with Gasteiger partial charge in [-0.3, -0.25) is 0 Å². The van der Waals surface area contributed by atoms with Crippen LogP contribution >= 0.6 is 27.2 Å². The van der Waals surface area contributed by atoms with Crippen molar-refractivity contribution in [3.8, 4) is 6.42 Å². The molecule has 0 amide bonds. The first-order valence-corrected chi connectivity index (χ1v) is 14.7. The maximum Gasteiger partial charge on any atom is -0.0191 e. The van der Waals surface area contributed by atoms with Crippen LogP contribution < -0.4 is 0 Å². The topological polar surface area (TPSA) is 0 Å². The molecule has 0 saturated carbocycles. The summed E-state index contributed by atoms with van der Waals surface area (Å²) < 4.78 is 0. The van der Waals surface area contributed by atoms with Crippen LogP contribution in [0.25, 0.3) is 0 Å². The summed E-state index contributed by atoms with van der Waals surface area (Å²) in [4.78, 5) is 0. The third-order valence-electron chi connectivity index (χ3n) is 0. The van der Waals surface area contributed by atoms with Crippen LogP contribution in [0.2, 0.25) is 0 Å². The quantitative estimate of drug-likeness (QED) is 0.455. The van der Waals surface area contributed by atoms with Gasteiger partial charge in [0.15, 0.2) is 0 Å². The third-order valence-corrected chi connectivity index (χ3v) is 0. The second kappa shape index (κ2) is 19.2. The summed E-state index contributed by atoms with van der Waals surface area (Å²) in [6.45, 7) is 0. The van der Waals surface area contributed by atoms with E-state index in [0.29, 0.717) is 0 Å². The van der Waals surface area contributed by atoms with Crippen LogP contribution in [0.1, 0.15) is 0 Å². The summed E-state index contributed by atoms with van der Waals surface area (Å²) in [5, 5.41) is 0. The monoisotopic (exact) mass is 247 g/mol. The van der Waals surface area contributed by atoms with Crippen molar-refractivity contribution in [1.82, 2.24) is 0 Å². The van der Waals surface area contributed by atoms with Crippen molar-refractivity contribution in [2.75, 3.05) is 0 Å². The number of hydrogen-bond acceptors (Lipinski definition) is 0. The van der Waals surface area contributed by atoms with E-state index in [4.69, 9.17) is 6.42 Å². The predicted molar refractivity (Wildman–Crippen MR) is 26.0 cm³/mol. The Balaban J connectivity index is 0. The van der Waals surface area contributed by atoms with E-state index in [2.05, 4.69) is 33.7 Å². The van der Waals surface area contributed by atoms with Crippen LogP contribution in [0.4, 0.5) is 0 Å². The second-order valence-corrected chi connectivity index (χ2v) is 14.2. The summed E-state index contributed by atoms with van der Waals surface area (Å²) in [5.41, 5.74) is 0.